The van der Waals surface area contributed by atoms with Gasteiger partial charge in [-0.3, -0.25) is 9.59 Å². The second-order valence-corrected chi connectivity index (χ2v) is 12.0. The average Bonchev–Trinajstić information content (AvgIpc) is 2.94. The SMILES string of the molecule is CC(C)c1cccc(C(C)C)c1NC(=O)C(NC(=S)Nc1ccc(N(C)C)cc1)C(=O)N(Cc1ccccc1)C(C)C. The Hall–Kier alpha value is -3.91. The van der Waals surface area contributed by atoms with Crippen molar-refractivity contribution in [3.05, 3.63) is 89.5 Å². The number of benzene rings is 3. The molecule has 0 radical (unpaired) electrons. The van der Waals surface area contributed by atoms with Gasteiger partial charge in [-0.1, -0.05) is 76.2 Å². The van der Waals surface area contributed by atoms with Crippen LogP contribution in [0, 0.1) is 0 Å². The number of hydrogen-bond donors (Lipinski definition) is 3. The summed E-state index contributed by atoms with van der Waals surface area (Å²) >= 11 is 5.63. The molecular formula is C34H45N5O2S. The zero-order chi connectivity index (χ0) is 31.0. The molecule has 3 aromatic rings. The van der Waals surface area contributed by atoms with Gasteiger partial charge in [0.05, 0.1) is 0 Å². The zero-order valence-corrected chi connectivity index (χ0v) is 26.9. The second kappa shape index (κ2) is 14.8. The minimum atomic E-state index is -1.25. The van der Waals surface area contributed by atoms with Crippen LogP contribution in [0.5, 0.6) is 0 Å². The van der Waals surface area contributed by atoms with Crippen molar-refractivity contribution < 1.29 is 9.59 Å². The van der Waals surface area contributed by atoms with Gasteiger partial charge in [-0.15, -0.1) is 0 Å². The highest BCUT2D eigenvalue weighted by Gasteiger charge is 2.34. The molecule has 3 aromatic carbocycles. The molecule has 0 aliphatic rings. The molecule has 224 valence electrons. The van der Waals surface area contributed by atoms with Crippen LogP contribution in [0.4, 0.5) is 17.1 Å². The topological polar surface area (TPSA) is 76.7 Å². The minimum absolute atomic E-state index is 0.149. The molecule has 2 amide bonds. The molecule has 0 fully saturated rings. The number of para-hydroxylation sites is 1. The average molecular weight is 588 g/mol. The summed E-state index contributed by atoms with van der Waals surface area (Å²) in [5, 5.41) is 9.50. The maximum Gasteiger partial charge on any atom is 0.256 e. The van der Waals surface area contributed by atoms with Crippen molar-refractivity contribution in [3.63, 3.8) is 0 Å². The first-order valence-corrected chi connectivity index (χ1v) is 14.9. The molecule has 0 aromatic heterocycles. The number of nitrogens with zero attached hydrogens (tertiary/aromatic N) is 2. The van der Waals surface area contributed by atoms with Crippen molar-refractivity contribution in [2.45, 2.75) is 72.0 Å². The van der Waals surface area contributed by atoms with Crippen molar-refractivity contribution in [2.75, 3.05) is 29.6 Å². The van der Waals surface area contributed by atoms with Crippen LogP contribution in [0.2, 0.25) is 0 Å². The van der Waals surface area contributed by atoms with Crippen molar-refractivity contribution in [2.24, 2.45) is 0 Å². The first-order chi connectivity index (χ1) is 19.9. The summed E-state index contributed by atoms with van der Waals surface area (Å²) in [6.45, 7) is 12.6. The van der Waals surface area contributed by atoms with E-state index in [2.05, 4.69) is 43.6 Å². The Kier molecular flexibility index (Phi) is 11.5. The number of thiocarbonyl (C=S) groups is 1. The van der Waals surface area contributed by atoms with E-state index in [1.54, 1.807) is 4.90 Å². The summed E-state index contributed by atoms with van der Waals surface area (Å²) in [7, 11) is 3.95. The van der Waals surface area contributed by atoms with Crippen LogP contribution in [0.3, 0.4) is 0 Å². The molecule has 3 N–H and O–H groups in total. The predicted octanol–water partition coefficient (Wildman–Crippen LogP) is 6.73. The summed E-state index contributed by atoms with van der Waals surface area (Å²) in [5.41, 5.74) is 5.57. The van der Waals surface area contributed by atoms with Crippen LogP contribution in [0.1, 0.15) is 70.1 Å². The van der Waals surface area contributed by atoms with E-state index in [0.717, 1.165) is 33.8 Å². The van der Waals surface area contributed by atoms with Gasteiger partial charge >= 0.3 is 0 Å². The lowest BCUT2D eigenvalue weighted by atomic mass is 9.92. The van der Waals surface area contributed by atoms with Crippen LogP contribution in [0.15, 0.2) is 72.8 Å². The summed E-state index contributed by atoms with van der Waals surface area (Å²) < 4.78 is 0. The van der Waals surface area contributed by atoms with Crippen LogP contribution in [-0.2, 0) is 16.1 Å². The Balaban J connectivity index is 1.95. The number of rotatable bonds is 11. The fraction of sp³-hybridized carbons (Fsp3) is 0.382. The van der Waals surface area contributed by atoms with Gasteiger partial charge in [0.2, 0.25) is 0 Å². The molecule has 1 unspecified atom stereocenters. The van der Waals surface area contributed by atoms with Crippen LogP contribution >= 0.6 is 12.2 Å². The van der Waals surface area contributed by atoms with Gasteiger partial charge in [0.25, 0.3) is 11.8 Å². The lowest BCUT2D eigenvalue weighted by Gasteiger charge is -2.31. The van der Waals surface area contributed by atoms with E-state index < -0.39 is 11.9 Å². The van der Waals surface area contributed by atoms with Crippen molar-refractivity contribution in [1.29, 1.82) is 0 Å². The molecule has 0 aliphatic heterocycles. The third-order valence-electron chi connectivity index (χ3n) is 7.15. The van der Waals surface area contributed by atoms with Crippen LogP contribution in [0.25, 0.3) is 0 Å². The van der Waals surface area contributed by atoms with E-state index in [1.165, 1.54) is 0 Å². The maximum absolute atomic E-state index is 14.2. The number of hydrogen-bond acceptors (Lipinski definition) is 4. The third kappa shape index (κ3) is 8.55. The fourth-order valence-electron chi connectivity index (χ4n) is 4.73. The molecule has 1 atom stereocenters. The first-order valence-electron chi connectivity index (χ1n) is 14.5. The highest BCUT2D eigenvalue weighted by molar-refractivity contribution is 7.80. The predicted molar refractivity (Wildman–Crippen MR) is 179 cm³/mol. The van der Waals surface area contributed by atoms with Gasteiger partial charge in [-0.2, -0.15) is 0 Å². The summed E-state index contributed by atoms with van der Waals surface area (Å²) in [6, 6.07) is 22.2. The molecule has 0 spiro atoms. The molecule has 42 heavy (non-hydrogen) atoms. The Bertz CT molecular complexity index is 1330. The Labute approximate surface area is 256 Å². The van der Waals surface area contributed by atoms with E-state index in [9.17, 15) is 9.59 Å². The summed E-state index contributed by atoms with van der Waals surface area (Å²) in [6.07, 6.45) is 0. The minimum Gasteiger partial charge on any atom is -0.378 e. The van der Waals surface area contributed by atoms with Crippen LogP contribution < -0.4 is 20.9 Å². The molecule has 7 nitrogen and oxygen atoms in total. The number of nitrogens with one attached hydrogen (secondary N) is 3. The highest BCUT2D eigenvalue weighted by atomic mass is 32.1. The number of anilines is 3. The molecule has 0 saturated carbocycles. The van der Waals surface area contributed by atoms with E-state index in [1.807, 2.05) is 106 Å². The zero-order valence-electron chi connectivity index (χ0n) is 26.1. The standard InChI is InChI=1S/C34H45N5O2S/c1-22(2)28-15-12-16-29(23(3)4)30(28)36-32(40)31(33(41)39(24(5)6)21-25-13-10-9-11-14-25)37-34(42)35-26-17-19-27(20-18-26)38(7)8/h9-20,22-24,31H,21H2,1-8H3,(H,36,40)(H2,35,37,42). The second-order valence-electron chi connectivity index (χ2n) is 11.6. The monoisotopic (exact) mass is 587 g/mol. The van der Waals surface area contributed by atoms with E-state index in [0.29, 0.717) is 6.54 Å². The summed E-state index contributed by atoms with van der Waals surface area (Å²) in [4.78, 5) is 32.0. The maximum atomic E-state index is 14.2. The van der Waals surface area contributed by atoms with Gasteiger partial charge in [0, 0.05) is 43.7 Å². The quantitative estimate of drug-likeness (QED) is 0.171. The van der Waals surface area contributed by atoms with Gasteiger partial charge in [0.15, 0.2) is 11.2 Å². The molecule has 0 aliphatic carbocycles. The molecule has 8 heteroatoms. The van der Waals surface area contributed by atoms with Crippen LogP contribution in [-0.4, -0.2) is 48.0 Å². The Morgan fingerprint density at radius 1 is 0.762 bits per heavy atom. The number of carbonyl (C=O) groups excluding carboxylic acids is 2. The number of carbonyl (C=O) groups is 2. The first kappa shape index (κ1) is 32.6. The van der Waals surface area contributed by atoms with Gasteiger partial charge < -0.3 is 25.8 Å². The number of amides is 2. The van der Waals surface area contributed by atoms with E-state index in [-0.39, 0.29) is 28.9 Å². The smallest absolute Gasteiger partial charge is 0.256 e. The molecule has 0 heterocycles. The highest BCUT2D eigenvalue weighted by Crippen LogP contribution is 2.32. The molecule has 0 saturated heterocycles. The van der Waals surface area contributed by atoms with E-state index in [4.69, 9.17) is 12.2 Å². The largest absolute Gasteiger partial charge is 0.378 e. The summed E-state index contributed by atoms with van der Waals surface area (Å²) in [5.74, 6) is -0.453. The lowest BCUT2D eigenvalue weighted by Crippen LogP contribution is -2.56. The van der Waals surface area contributed by atoms with Crippen molar-refractivity contribution in [1.82, 2.24) is 10.2 Å². The van der Waals surface area contributed by atoms with E-state index >= 15 is 0 Å². The van der Waals surface area contributed by atoms with Crippen molar-refractivity contribution in [3.8, 4) is 0 Å². The Morgan fingerprint density at radius 3 is 1.83 bits per heavy atom. The third-order valence-corrected chi connectivity index (χ3v) is 7.37. The van der Waals surface area contributed by atoms with Crippen molar-refractivity contribution >= 4 is 46.2 Å². The molecule has 0 bridgehead atoms. The Morgan fingerprint density at radius 2 is 1.33 bits per heavy atom. The fourth-order valence-corrected chi connectivity index (χ4v) is 4.97. The lowest BCUT2D eigenvalue weighted by molar-refractivity contribution is -0.139. The van der Waals surface area contributed by atoms with Gasteiger partial charge in [-0.25, -0.2) is 0 Å². The van der Waals surface area contributed by atoms with Gasteiger partial charge in [0.1, 0.15) is 0 Å². The molecule has 3 rings (SSSR count). The van der Waals surface area contributed by atoms with Gasteiger partial charge in [-0.05, 0) is 78.9 Å². The normalized spacial score (nSPS) is 11.8. The molecular weight excluding hydrogens is 542 g/mol.